The van der Waals surface area contributed by atoms with E-state index in [0.717, 1.165) is 0 Å². The molecule has 0 saturated heterocycles. The Morgan fingerprint density at radius 2 is 1.95 bits per heavy atom. The lowest BCUT2D eigenvalue weighted by Crippen LogP contribution is -2.53. The summed E-state index contributed by atoms with van der Waals surface area (Å²) in [6, 6.07) is -0.460. The molecule has 0 bridgehead atoms. The second kappa shape index (κ2) is 7.26. The Morgan fingerprint density at radius 1 is 1.42 bits per heavy atom. The van der Waals surface area contributed by atoms with E-state index in [1.807, 2.05) is 6.92 Å². The van der Waals surface area contributed by atoms with Gasteiger partial charge in [-0.3, -0.25) is 0 Å². The zero-order valence-corrected chi connectivity index (χ0v) is 13.9. The molecule has 7 heteroatoms. The van der Waals surface area contributed by atoms with Crippen molar-refractivity contribution in [3.05, 3.63) is 10.4 Å². The number of hydrogen-bond acceptors (Lipinski definition) is 4. The van der Waals surface area contributed by atoms with E-state index in [9.17, 15) is 5.11 Å². The first-order chi connectivity index (χ1) is 8.56. The lowest BCUT2D eigenvalue weighted by Gasteiger charge is -2.42. The van der Waals surface area contributed by atoms with Crippen LogP contribution in [0.4, 0.5) is 0 Å². The van der Waals surface area contributed by atoms with Gasteiger partial charge < -0.3 is 15.3 Å². The van der Waals surface area contributed by atoms with E-state index in [1.165, 1.54) is 0 Å². The molecule has 0 heterocycles. The largest absolute Gasteiger partial charge is 0.412 e. The topological polar surface area (TPSA) is 104 Å². The minimum Gasteiger partial charge on any atom is -0.412 e. The molecular formula is C12H28N4O2Si. The van der Waals surface area contributed by atoms with Gasteiger partial charge in [0.1, 0.15) is 0 Å². The van der Waals surface area contributed by atoms with Gasteiger partial charge in [-0.1, -0.05) is 32.8 Å². The summed E-state index contributed by atoms with van der Waals surface area (Å²) in [6.07, 6.45) is -0.295. The van der Waals surface area contributed by atoms with E-state index < -0.39 is 14.4 Å². The smallest absolute Gasteiger partial charge is 0.192 e. The van der Waals surface area contributed by atoms with E-state index in [2.05, 4.69) is 43.9 Å². The Labute approximate surface area is 117 Å². The summed E-state index contributed by atoms with van der Waals surface area (Å²) in [5, 5.41) is 12.9. The number of nitrogens with two attached hydrogens (primary N) is 1. The standard InChI is InChI=1S/C12H28N4O2Si/c1-9(7-15-16-14)11(10(13)8-17)18-19(5,6)12(2,3)4/h9-11,17H,7-8,13H2,1-6H3/t9-,10?,11+/m0/s1. The molecule has 0 fully saturated rings. The Balaban J connectivity index is 5.02. The fraction of sp³-hybridized carbons (Fsp3) is 1.00. The summed E-state index contributed by atoms with van der Waals surface area (Å²) in [7, 11) is -1.97. The fourth-order valence-electron chi connectivity index (χ4n) is 1.52. The lowest BCUT2D eigenvalue weighted by molar-refractivity contribution is 0.0768. The van der Waals surface area contributed by atoms with Crippen molar-refractivity contribution >= 4 is 8.32 Å². The second-order valence-electron chi connectivity index (χ2n) is 6.58. The molecule has 0 aromatic carbocycles. The van der Waals surface area contributed by atoms with E-state index in [-0.39, 0.29) is 23.7 Å². The number of hydrogen-bond donors (Lipinski definition) is 2. The molecule has 3 atom stereocenters. The summed E-state index contributed by atoms with van der Waals surface area (Å²) >= 11 is 0. The second-order valence-corrected chi connectivity index (χ2v) is 11.3. The minimum atomic E-state index is -1.97. The molecule has 0 aromatic heterocycles. The number of nitrogens with zero attached hydrogens (tertiary/aromatic N) is 3. The van der Waals surface area contributed by atoms with Crippen molar-refractivity contribution in [2.45, 2.75) is 58.0 Å². The first kappa shape index (κ1) is 18.4. The number of azide groups is 1. The molecule has 0 amide bonds. The van der Waals surface area contributed by atoms with Crippen LogP contribution in [-0.2, 0) is 4.43 Å². The average Bonchev–Trinajstić information content (AvgIpc) is 2.30. The van der Waals surface area contributed by atoms with Gasteiger partial charge in [0.25, 0.3) is 0 Å². The normalized spacial score (nSPS) is 17.5. The van der Waals surface area contributed by atoms with Crippen LogP contribution in [0.2, 0.25) is 18.1 Å². The minimum absolute atomic E-state index is 0.0211. The summed E-state index contributed by atoms with van der Waals surface area (Å²) in [5.41, 5.74) is 14.4. The van der Waals surface area contributed by atoms with Gasteiger partial charge in [-0.25, -0.2) is 0 Å². The molecule has 0 aromatic rings. The molecule has 0 rings (SSSR count). The first-order valence-electron chi connectivity index (χ1n) is 6.62. The highest BCUT2D eigenvalue weighted by Crippen LogP contribution is 2.38. The van der Waals surface area contributed by atoms with Gasteiger partial charge in [0.15, 0.2) is 8.32 Å². The quantitative estimate of drug-likeness (QED) is 0.325. The fourth-order valence-corrected chi connectivity index (χ4v) is 2.96. The zero-order chi connectivity index (χ0) is 15.3. The van der Waals surface area contributed by atoms with Crippen LogP contribution >= 0.6 is 0 Å². The van der Waals surface area contributed by atoms with Crippen LogP contribution in [0.3, 0.4) is 0 Å². The summed E-state index contributed by atoms with van der Waals surface area (Å²) in [6.45, 7) is 12.9. The third-order valence-corrected chi connectivity index (χ3v) is 8.34. The summed E-state index contributed by atoms with van der Waals surface area (Å²) in [4.78, 5) is 2.77. The Morgan fingerprint density at radius 3 is 2.32 bits per heavy atom. The van der Waals surface area contributed by atoms with Gasteiger partial charge in [-0.15, -0.1) is 0 Å². The monoisotopic (exact) mass is 288 g/mol. The first-order valence-corrected chi connectivity index (χ1v) is 9.52. The van der Waals surface area contributed by atoms with E-state index >= 15 is 0 Å². The van der Waals surface area contributed by atoms with Crippen LogP contribution in [0.25, 0.3) is 10.4 Å². The van der Waals surface area contributed by atoms with E-state index in [1.54, 1.807) is 0 Å². The van der Waals surface area contributed by atoms with Crippen molar-refractivity contribution in [3.63, 3.8) is 0 Å². The highest BCUT2D eigenvalue weighted by Gasteiger charge is 2.41. The molecule has 0 aliphatic carbocycles. The van der Waals surface area contributed by atoms with Gasteiger partial charge in [-0.2, -0.15) is 0 Å². The third kappa shape index (κ3) is 5.50. The molecule has 112 valence electrons. The molecule has 1 unspecified atom stereocenters. The summed E-state index contributed by atoms with van der Waals surface area (Å²) < 4.78 is 6.28. The average molecular weight is 288 g/mol. The molecule has 0 aliphatic rings. The summed E-state index contributed by atoms with van der Waals surface area (Å²) in [5.74, 6) is -0.0211. The number of rotatable bonds is 7. The maximum atomic E-state index is 9.29. The zero-order valence-electron chi connectivity index (χ0n) is 12.9. The van der Waals surface area contributed by atoms with Gasteiger partial charge in [0.2, 0.25) is 0 Å². The van der Waals surface area contributed by atoms with Crippen LogP contribution in [-0.4, -0.2) is 38.7 Å². The highest BCUT2D eigenvalue weighted by atomic mass is 28.4. The third-order valence-electron chi connectivity index (χ3n) is 3.86. The SMILES string of the molecule is C[C@@H](CN=[N+]=[N-])[C@@H](O[Si](C)(C)C(C)(C)C)C(N)CO. The van der Waals surface area contributed by atoms with Crippen molar-refractivity contribution in [3.8, 4) is 0 Å². The Kier molecular flexibility index (Phi) is 7.03. The van der Waals surface area contributed by atoms with E-state index in [4.69, 9.17) is 15.7 Å². The Hall–Kier alpha value is -0.593. The molecule has 0 aliphatic heterocycles. The molecule has 19 heavy (non-hydrogen) atoms. The van der Waals surface area contributed by atoms with Crippen molar-refractivity contribution < 1.29 is 9.53 Å². The van der Waals surface area contributed by atoms with Gasteiger partial charge in [0, 0.05) is 11.5 Å². The predicted octanol–water partition coefficient (Wildman–Crippen LogP) is 2.64. The molecular weight excluding hydrogens is 260 g/mol. The lowest BCUT2D eigenvalue weighted by atomic mass is 9.99. The highest BCUT2D eigenvalue weighted by molar-refractivity contribution is 6.74. The van der Waals surface area contributed by atoms with Crippen LogP contribution in [0, 0.1) is 5.92 Å². The predicted molar refractivity (Wildman–Crippen MR) is 80.3 cm³/mol. The number of aliphatic hydroxyl groups is 1. The van der Waals surface area contributed by atoms with Crippen molar-refractivity contribution in [2.24, 2.45) is 16.8 Å². The maximum absolute atomic E-state index is 9.29. The van der Waals surface area contributed by atoms with Gasteiger partial charge in [-0.05, 0) is 29.6 Å². The van der Waals surface area contributed by atoms with Crippen LogP contribution in [0.1, 0.15) is 27.7 Å². The van der Waals surface area contributed by atoms with Crippen molar-refractivity contribution in [1.29, 1.82) is 0 Å². The van der Waals surface area contributed by atoms with Gasteiger partial charge in [0.05, 0.1) is 18.8 Å². The Bertz CT molecular complexity index is 324. The maximum Gasteiger partial charge on any atom is 0.192 e. The van der Waals surface area contributed by atoms with Crippen LogP contribution in [0.5, 0.6) is 0 Å². The molecule has 6 nitrogen and oxygen atoms in total. The van der Waals surface area contributed by atoms with E-state index in [0.29, 0.717) is 6.54 Å². The number of aliphatic hydroxyl groups excluding tert-OH is 1. The van der Waals surface area contributed by atoms with Crippen LogP contribution in [0.15, 0.2) is 5.11 Å². The molecule has 0 saturated carbocycles. The molecule has 0 spiro atoms. The molecule has 0 radical (unpaired) electrons. The van der Waals surface area contributed by atoms with Crippen LogP contribution < -0.4 is 5.73 Å². The van der Waals surface area contributed by atoms with Gasteiger partial charge >= 0.3 is 0 Å². The molecule has 3 N–H and O–H groups in total. The van der Waals surface area contributed by atoms with Crippen molar-refractivity contribution in [2.75, 3.05) is 13.2 Å². The van der Waals surface area contributed by atoms with Crippen molar-refractivity contribution in [1.82, 2.24) is 0 Å².